The Hall–Kier alpha value is -3.22. The summed E-state index contributed by atoms with van der Waals surface area (Å²) in [5.74, 6) is -0.783. The first-order chi connectivity index (χ1) is 11.2. The van der Waals surface area contributed by atoms with Crippen LogP contribution in [-0.4, -0.2) is 25.5 Å². The Bertz CT molecular complexity index is 996. The smallest absolute Gasteiger partial charge is 0.267 e. The predicted molar refractivity (Wildman–Crippen MR) is 83.6 cm³/mol. The molecule has 0 spiro atoms. The summed E-state index contributed by atoms with van der Waals surface area (Å²) in [4.78, 5) is 32.8. The molecule has 0 bridgehead atoms. The van der Waals surface area contributed by atoms with Gasteiger partial charge in [-0.2, -0.15) is 0 Å². The summed E-state index contributed by atoms with van der Waals surface area (Å²) in [5.41, 5.74) is 0.922. The Labute approximate surface area is 130 Å². The molecular formula is C16H12N4O3. The summed E-state index contributed by atoms with van der Waals surface area (Å²) in [6.07, 6.45) is 4.97. The van der Waals surface area contributed by atoms with Crippen molar-refractivity contribution in [2.45, 2.75) is 13.0 Å². The quantitative estimate of drug-likeness (QED) is 0.744. The molecule has 0 fully saturated rings. The minimum absolute atomic E-state index is 0.214. The van der Waals surface area contributed by atoms with Crippen LogP contribution in [0.1, 0.15) is 15.9 Å². The summed E-state index contributed by atoms with van der Waals surface area (Å²) < 4.78 is 1.54. The number of pyridine rings is 1. The first-order valence-corrected chi connectivity index (χ1v) is 7.11. The SMILES string of the molecule is O=C(Nc1cnccn1)c1c(O)c2cccc3c2n(c1=O)CC3. The fraction of sp³-hybridized carbons (Fsp3) is 0.125. The lowest BCUT2D eigenvalue weighted by molar-refractivity contribution is 0.102. The zero-order chi connectivity index (χ0) is 16.0. The van der Waals surface area contributed by atoms with E-state index in [2.05, 4.69) is 15.3 Å². The van der Waals surface area contributed by atoms with Gasteiger partial charge in [0.1, 0.15) is 11.3 Å². The second kappa shape index (κ2) is 4.91. The van der Waals surface area contributed by atoms with Crippen LogP contribution in [0.2, 0.25) is 0 Å². The Morgan fingerprint density at radius 2 is 2.17 bits per heavy atom. The average molecular weight is 308 g/mol. The van der Waals surface area contributed by atoms with Crippen LogP contribution in [0.15, 0.2) is 41.6 Å². The highest BCUT2D eigenvalue weighted by Gasteiger charge is 2.26. The van der Waals surface area contributed by atoms with Gasteiger partial charge in [-0.25, -0.2) is 4.98 Å². The maximum atomic E-state index is 12.6. The average Bonchev–Trinajstić information content (AvgIpc) is 2.99. The van der Waals surface area contributed by atoms with Crippen molar-refractivity contribution in [3.05, 3.63) is 58.3 Å². The Morgan fingerprint density at radius 1 is 1.30 bits per heavy atom. The van der Waals surface area contributed by atoms with E-state index in [0.29, 0.717) is 23.9 Å². The Kier molecular flexibility index (Phi) is 2.87. The van der Waals surface area contributed by atoms with E-state index in [-0.39, 0.29) is 17.1 Å². The molecule has 2 aromatic heterocycles. The molecular weight excluding hydrogens is 296 g/mol. The number of nitrogens with zero attached hydrogens (tertiary/aromatic N) is 3. The van der Waals surface area contributed by atoms with Crippen LogP contribution in [0.4, 0.5) is 5.82 Å². The number of aryl methyl sites for hydroxylation is 2. The van der Waals surface area contributed by atoms with Crippen LogP contribution in [0.5, 0.6) is 5.75 Å². The van der Waals surface area contributed by atoms with Crippen molar-refractivity contribution in [3.63, 3.8) is 0 Å². The fourth-order valence-electron chi connectivity index (χ4n) is 2.97. The largest absolute Gasteiger partial charge is 0.506 e. The molecule has 0 saturated heterocycles. The van der Waals surface area contributed by atoms with Crippen molar-refractivity contribution in [3.8, 4) is 5.75 Å². The molecule has 7 heteroatoms. The molecule has 1 aliphatic rings. The molecule has 1 aliphatic heterocycles. The maximum Gasteiger partial charge on any atom is 0.267 e. The molecule has 114 valence electrons. The van der Waals surface area contributed by atoms with Crippen LogP contribution >= 0.6 is 0 Å². The van der Waals surface area contributed by atoms with Gasteiger partial charge in [-0.3, -0.25) is 14.6 Å². The van der Waals surface area contributed by atoms with Crippen LogP contribution in [0.3, 0.4) is 0 Å². The number of aromatic hydroxyl groups is 1. The van der Waals surface area contributed by atoms with Gasteiger partial charge in [0.25, 0.3) is 11.5 Å². The van der Waals surface area contributed by atoms with Crippen molar-refractivity contribution in [1.29, 1.82) is 0 Å². The molecule has 2 N–H and O–H groups in total. The van der Waals surface area contributed by atoms with Crippen molar-refractivity contribution in [2.75, 3.05) is 5.32 Å². The highest BCUT2D eigenvalue weighted by molar-refractivity contribution is 6.09. The third-order valence-electron chi connectivity index (χ3n) is 3.98. The number of amides is 1. The van der Waals surface area contributed by atoms with E-state index in [4.69, 9.17) is 0 Å². The number of hydrogen-bond acceptors (Lipinski definition) is 5. The Morgan fingerprint density at radius 3 is 2.96 bits per heavy atom. The summed E-state index contributed by atoms with van der Waals surface area (Å²) in [6, 6.07) is 5.43. The molecule has 1 amide bonds. The predicted octanol–water partition coefficient (Wildman–Crippen LogP) is 1.31. The molecule has 1 aromatic carbocycles. The number of nitrogens with one attached hydrogen (secondary N) is 1. The van der Waals surface area contributed by atoms with E-state index < -0.39 is 11.5 Å². The van der Waals surface area contributed by atoms with Crippen molar-refractivity contribution < 1.29 is 9.90 Å². The third kappa shape index (κ3) is 1.97. The second-order valence-corrected chi connectivity index (χ2v) is 5.29. The van der Waals surface area contributed by atoms with E-state index in [1.165, 1.54) is 23.2 Å². The molecule has 0 radical (unpaired) electrons. The van der Waals surface area contributed by atoms with E-state index in [9.17, 15) is 14.7 Å². The summed E-state index contributed by atoms with van der Waals surface area (Å²) >= 11 is 0. The summed E-state index contributed by atoms with van der Waals surface area (Å²) in [7, 11) is 0. The molecule has 0 unspecified atom stereocenters. The standard InChI is InChI=1S/C16H12N4O3/c21-14-10-3-1-2-9-4-7-20(13(9)10)16(23)12(14)15(22)19-11-8-17-5-6-18-11/h1-3,5-6,8,21H,4,7H2,(H,18,19,22). The molecule has 0 saturated carbocycles. The highest BCUT2D eigenvalue weighted by Crippen LogP contribution is 2.32. The highest BCUT2D eigenvalue weighted by atomic mass is 16.3. The van der Waals surface area contributed by atoms with Gasteiger partial charge in [0.15, 0.2) is 5.82 Å². The number of anilines is 1. The number of aromatic nitrogens is 3. The first-order valence-electron chi connectivity index (χ1n) is 7.11. The zero-order valence-corrected chi connectivity index (χ0v) is 12.0. The number of rotatable bonds is 2. The number of benzene rings is 1. The van der Waals surface area contributed by atoms with E-state index in [0.717, 1.165) is 5.56 Å². The van der Waals surface area contributed by atoms with Crippen LogP contribution < -0.4 is 10.9 Å². The normalized spacial score (nSPS) is 12.5. The molecule has 3 heterocycles. The van der Waals surface area contributed by atoms with Crippen LogP contribution in [-0.2, 0) is 13.0 Å². The molecule has 0 aliphatic carbocycles. The van der Waals surface area contributed by atoms with Gasteiger partial charge >= 0.3 is 0 Å². The van der Waals surface area contributed by atoms with E-state index >= 15 is 0 Å². The van der Waals surface area contributed by atoms with Gasteiger partial charge in [-0.1, -0.05) is 12.1 Å². The minimum Gasteiger partial charge on any atom is -0.506 e. The molecule has 4 rings (SSSR count). The molecule has 7 nitrogen and oxygen atoms in total. The monoisotopic (exact) mass is 308 g/mol. The molecule has 3 aromatic rings. The number of hydrogen-bond donors (Lipinski definition) is 2. The van der Waals surface area contributed by atoms with Crippen LogP contribution in [0.25, 0.3) is 10.9 Å². The summed E-state index contributed by atoms with van der Waals surface area (Å²) in [5, 5.41) is 13.4. The van der Waals surface area contributed by atoms with Gasteiger partial charge in [0.05, 0.1) is 11.7 Å². The lowest BCUT2D eigenvalue weighted by Crippen LogP contribution is -2.28. The number of para-hydroxylation sites is 1. The van der Waals surface area contributed by atoms with Gasteiger partial charge in [0, 0.05) is 24.3 Å². The first kappa shape index (κ1) is 13.4. The number of carbonyl (C=O) groups is 1. The number of carbonyl (C=O) groups excluding carboxylic acids is 1. The zero-order valence-electron chi connectivity index (χ0n) is 12.0. The Balaban J connectivity index is 1.89. The van der Waals surface area contributed by atoms with Crippen molar-refractivity contribution in [2.24, 2.45) is 0 Å². The van der Waals surface area contributed by atoms with Crippen molar-refractivity contribution in [1.82, 2.24) is 14.5 Å². The maximum absolute atomic E-state index is 12.6. The fourth-order valence-corrected chi connectivity index (χ4v) is 2.97. The second-order valence-electron chi connectivity index (χ2n) is 5.29. The van der Waals surface area contributed by atoms with Crippen LogP contribution in [0, 0.1) is 0 Å². The third-order valence-corrected chi connectivity index (χ3v) is 3.98. The lowest BCUT2D eigenvalue weighted by atomic mass is 10.1. The van der Waals surface area contributed by atoms with Crippen molar-refractivity contribution >= 4 is 22.6 Å². The summed E-state index contributed by atoms with van der Waals surface area (Å²) in [6.45, 7) is 0.500. The van der Waals surface area contributed by atoms with E-state index in [1.54, 1.807) is 6.07 Å². The van der Waals surface area contributed by atoms with Gasteiger partial charge in [-0.15, -0.1) is 0 Å². The lowest BCUT2D eigenvalue weighted by Gasteiger charge is -2.11. The molecule has 0 atom stereocenters. The molecule has 23 heavy (non-hydrogen) atoms. The van der Waals surface area contributed by atoms with Gasteiger partial charge < -0.3 is 15.0 Å². The van der Waals surface area contributed by atoms with Gasteiger partial charge in [0.2, 0.25) is 0 Å². The van der Waals surface area contributed by atoms with E-state index in [1.807, 2.05) is 12.1 Å². The topological polar surface area (TPSA) is 97.1 Å². The van der Waals surface area contributed by atoms with Gasteiger partial charge in [-0.05, 0) is 18.1 Å². The minimum atomic E-state index is -0.698.